The highest BCUT2D eigenvalue weighted by atomic mass is 16.5. The van der Waals surface area contributed by atoms with E-state index in [9.17, 15) is 14.7 Å². The van der Waals surface area contributed by atoms with Crippen molar-refractivity contribution in [2.45, 2.75) is 19.6 Å². The van der Waals surface area contributed by atoms with Crippen molar-refractivity contribution in [3.63, 3.8) is 0 Å². The molecule has 0 aliphatic heterocycles. The molecule has 1 unspecified atom stereocenters. The number of hydrazone groups is 1. The second kappa shape index (κ2) is 9.53. The minimum atomic E-state index is -0.959. The molecule has 33 heavy (non-hydrogen) atoms. The minimum absolute atomic E-state index is 0.000886. The Bertz CT molecular complexity index is 1390. The molecule has 4 aromatic rings. The standard InChI is InChI=1S/C23H24N6O4/c1-15(16-9-5-3-6-10-16)26-27-22-24-20-19(21(31)25-23(32)28(20)2)29(22)13-17(30)14-33-18-11-7-4-8-12-18/h3-12,17,30H,13-14H2,1-2H3,(H,24,27)(H,25,31,32). The molecule has 10 heteroatoms. The largest absolute Gasteiger partial charge is 0.491 e. The van der Waals surface area contributed by atoms with Crippen LogP contribution in [0, 0.1) is 0 Å². The van der Waals surface area contributed by atoms with Crippen molar-refractivity contribution in [3.8, 4) is 5.75 Å². The minimum Gasteiger partial charge on any atom is -0.491 e. The van der Waals surface area contributed by atoms with Gasteiger partial charge in [-0.05, 0) is 24.6 Å². The molecule has 170 valence electrons. The lowest BCUT2D eigenvalue weighted by Gasteiger charge is -2.15. The number of nitrogens with one attached hydrogen (secondary N) is 2. The van der Waals surface area contributed by atoms with Crippen LogP contribution in [-0.2, 0) is 13.6 Å². The highest BCUT2D eigenvalue weighted by Gasteiger charge is 2.20. The number of imidazole rings is 1. The maximum atomic E-state index is 12.6. The summed E-state index contributed by atoms with van der Waals surface area (Å²) >= 11 is 0. The van der Waals surface area contributed by atoms with E-state index in [4.69, 9.17) is 4.74 Å². The Morgan fingerprint density at radius 1 is 1.15 bits per heavy atom. The van der Waals surface area contributed by atoms with Gasteiger partial charge in [0.2, 0.25) is 5.95 Å². The molecule has 2 heterocycles. The molecule has 0 spiro atoms. The van der Waals surface area contributed by atoms with E-state index in [2.05, 4.69) is 20.5 Å². The quantitative estimate of drug-likeness (QED) is 0.278. The Kier molecular flexibility index (Phi) is 6.36. The monoisotopic (exact) mass is 448 g/mol. The van der Waals surface area contributed by atoms with Crippen LogP contribution in [0.5, 0.6) is 5.75 Å². The first-order valence-electron chi connectivity index (χ1n) is 10.3. The molecule has 0 radical (unpaired) electrons. The van der Waals surface area contributed by atoms with Gasteiger partial charge in [0.1, 0.15) is 18.5 Å². The molecule has 0 aliphatic carbocycles. The zero-order valence-electron chi connectivity index (χ0n) is 18.2. The number of hydrogen-bond acceptors (Lipinski definition) is 7. The molecule has 0 bridgehead atoms. The number of ether oxygens (including phenoxy) is 1. The van der Waals surface area contributed by atoms with Crippen molar-refractivity contribution in [3.05, 3.63) is 87.1 Å². The lowest BCUT2D eigenvalue weighted by Crippen LogP contribution is -2.30. The first-order chi connectivity index (χ1) is 15.9. The Morgan fingerprint density at radius 2 is 1.82 bits per heavy atom. The van der Waals surface area contributed by atoms with E-state index in [0.717, 1.165) is 5.56 Å². The van der Waals surface area contributed by atoms with Crippen molar-refractivity contribution in [2.75, 3.05) is 12.0 Å². The van der Waals surface area contributed by atoms with E-state index in [1.165, 1.54) is 16.2 Å². The first kappa shape index (κ1) is 22.0. The molecular weight excluding hydrogens is 424 g/mol. The molecule has 0 amide bonds. The fraction of sp³-hybridized carbons (Fsp3) is 0.217. The summed E-state index contributed by atoms with van der Waals surface area (Å²) in [6, 6.07) is 18.7. The Morgan fingerprint density at radius 3 is 2.52 bits per heavy atom. The van der Waals surface area contributed by atoms with Crippen LogP contribution < -0.4 is 21.4 Å². The highest BCUT2D eigenvalue weighted by Crippen LogP contribution is 2.17. The number of H-pyrrole nitrogens is 1. The molecule has 2 aromatic carbocycles. The van der Waals surface area contributed by atoms with Gasteiger partial charge in [-0.2, -0.15) is 10.1 Å². The van der Waals surface area contributed by atoms with Crippen molar-refractivity contribution in [1.82, 2.24) is 19.1 Å². The number of hydrogen-bond donors (Lipinski definition) is 3. The number of aliphatic hydroxyl groups excluding tert-OH is 1. The van der Waals surface area contributed by atoms with Crippen LogP contribution in [0.1, 0.15) is 12.5 Å². The number of aromatic amines is 1. The summed E-state index contributed by atoms with van der Waals surface area (Å²) in [5.41, 5.74) is 3.62. The molecule has 0 saturated heterocycles. The predicted octanol–water partition coefficient (Wildman–Crippen LogP) is 1.70. The van der Waals surface area contributed by atoms with Crippen molar-refractivity contribution in [2.24, 2.45) is 12.1 Å². The Hall–Kier alpha value is -4.18. The van der Waals surface area contributed by atoms with E-state index in [1.807, 2.05) is 55.5 Å². The van der Waals surface area contributed by atoms with E-state index in [-0.39, 0.29) is 30.3 Å². The van der Waals surface area contributed by atoms with Gasteiger partial charge >= 0.3 is 5.69 Å². The molecule has 2 aromatic heterocycles. The normalized spacial score (nSPS) is 12.6. The summed E-state index contributed by atoms with van der Waals surface area (Å²) in [5, 5.41) is 15.0. The van der Waals surface area contributed by atoms with Crippen LogP contribution in [0.15, 0.2) is 75.4 Å². The third kappa shape index (κ3) is 4.85. The maximum absolute atomic E-state index is 12.6. The van der Waals surface area contributed by atoms with Gasteiger partial charge in [0.15, 0.2) is 11.2 Å². The zero-order valence-corrected chi connectivity index (χ0v) is 18.2. The van der Waals surface area contributed by atoms with Crippen LogP contribution in [0.25, 0.3) is 11.2 Å². The van der Waals surface area contributed by atoms with E-state index >= 15 is 0 Å². The number of nitrogens with zero attached hydrogens (tertiary/aromatic N) is 4. The van der Waals surface area contributed by atoms with Gasteiger partial charge in [0.05, 0.1) is 12.3 Å². The number of para-hydroxylation sites is 1. The van der Waals surface area contributed by atoms with Crippen molar-refractivity contribution in [1.29, 1.82) is 0 Å². The predicted molar refractivity (Wildman–Crippen MR) is 126 cm³/mol. The highest BCUT2D eigenvalue weighted by molar-refractivity contribution is 5.99. The van der Waals surface area contributed by atoms with Gasteiger partial charge in [0, 0.05) is 7.05 Å². The Balaban J connectivity index is 1.66. The molecule has 1 atom stereocenters. The van der Waals surface area contributed by atoms with Gasteiger partial charge in [-0.15, -0.1) is 0 Å². The lowest BCUT2D eigenvalue weighted by atomic mass is 10.1. The summed E-state index contributed by atoms with van der Waals surface area (Å²) < 4.78 is 8.35. The summed E-state index contributed by atoms with van der Waals surface area (Å²) in [4.78, 5) is 31.3. The summed E-state index contributed by atoms with van der Waals surface area (Å²) in [5.74, 6) is 0.833. The van der Waals surface area contributed by atoms with Crippen LogP contribution in [-0.4, -0.2) is 42.6 Å². The second-order valence-electron chi connectivity index (χ2n) is 7.49. The van der Waals surface area contributed by atoms with Crippen molar-refractivity contribution < 1.29 is 9.84 Å². The smallest absolute Gasteiger partial charge is 0.329 e. The van der Waals surface area contributed by atoms with E-state index in [0.29, 0.717) is 11.5 Å². The molecule has 3 N–H and O–H groups in total. The zero-order chi connectivity index (χ0) is 23.4. The maximum Gasteiger partial charge on any atom is 0.329 e. The summed E-state index contributed by atoms with van der Waals surface area (Å²) in [6.45, 7) is 1.83. The van der Waals surface area contributed by atoms with Gasteiger partial charge in [-0.1, -0.05) is 48.5 Å². The SMILES string of the molecule is CC(=NNc1nc2c(c(=O)[nH]c(=O)n2C)n1CC(O)COc1ccccc1)c1ccccc1. The number of aryl methyl sites for hydroxylation is 1. The molecular formula is C23H24N6O4. The van der Waals surface area contributed by atoms with Crippen LogP contribution in [0.4, 0.5) is 5.95 Å². The molecule has 0 aliphatic rings. The summed E-state index contributed by atoms with van der Waals surface area (Å²) in [6.07, 6.45) is -0.959. The summed E-state index contributed by atoms with van der Waals surface area (Å²) in [7, 11) is 1.51. The van der Waals surface area contributed by atoms with Crippen LogP contribution in [0.3, 0.4) is 0 Å². The molecule has 0 fully saturated rings. The third-order valence-corrected chi connectivity index (χ3v) is 5.10. The van der Waals surface area contributed by atoms with Crippen LogP contribution >= 0.6 is 0 Å². The fourth-order valence-corrected chi connectivity index (χ4v) is 3.35. The number of benzene rings is 2. The molecule has 4 rings (SSSR count). The average molecular weight is 448 g/mol. The number of aliphatic hydroxyl groups is 1. The second-order valence-corrected chi connectivity index (χ2v) is 7.49. The van der Waals surface area contributed by atoms with Gasteiger partial charge < -0.3 is 14.4 Å². The van der Waals surface area contributed by atoms with E-state index in [1.54, 1.807) is 12.1 Å². The Labute approximate surface area is 188 Å². The van der Waals surface area contributed by atoms with Gasteiger partial charge in [0.25, 0.3) is 5.56 Å². The van der Waals surface area contributed by atoms with Gasteiger partial charge in [-0.25, -0.2) is 10.2 Å². The molecule has 0 saturated carbocycles. The van der Waals surface area contributed by atoms with Crippen molar-refractivity contribution >= 4 is 22.8 Å². The van der Waals surface area contributed by atoms with E-state index < -0.39 is 17.4 Å². The topological polar surface area (TPSA) is 127 Å². The average Bonchev–Trinajstić information content (AvgIpc) is 3.19. The fourth-order valence-electron chi connectivity index (χ4n) is 3.35. The lowest BCUT2D eigenvalue weighted by molar-refractivity contribution is 0.0938. The number of anilines is 1. The number of aromatic nitrogens is 4. The number of fused-ring (bicyclic) bond motifs is 1. The molecule has 10 nitrogen and oxygen atoms in total. The third-order valence-electron chi connectivity index (χ3n) is 5.10. The van der Waals surface area contributed by atoms with Gasteiger partial charge in [-0.3, -0.25) is 14.3 Å². The number of rotatable bonds is 8. The first-order valence-corrected chi connectivity index (χ1v) is 10.3. The van der Waals surface area contributed by atoms with Crippen LogP contribution in [0.2, 0.25) is 0 Å².